The van der Waals surface area contributed by atoms with Gasteiger partial charge in [-0.05, 0) is 12.1 Å². The number of hydrogen-bond donors (Lipinski definition) is 0. The highest BCUT2D eigenvalue weighted by atomic mass is 79.9. The predicted octanol–water partition coefficient (Wildman–Crippen LogP) is 2.91. The summed E-state index contributed by atoms with van der Waals surface area (Å²) in [6, 6.07) is 7.86. The molecule has 2 rings (SSSR count). The van der Waals surface area contributed by atoms with E-state index in [9.17, 15) is 0 Å². The van der Waals surface area contributed by atoms with Crippen LogP contribution in [0.1, 0.15) is 0 Å². The van der Waals surface area contributed by atoms with Gasteiger partial charge in [-0.15, -0.1) is 0 Å². The molecule has 0 bridgehead atoms. The van der Waals surface area contributed by atoms with E-state index in [-0.39, 0.29) is 0 Å². The van der Waals surface area contributed by atoms with Gasteiger partial charge in [-0.2, -0.15) is 0 Å². The average molecular weight is 265 g/mol. The zero-order valence-electron chi connectivity index (χ0n) is 8.14. The maximum atomic E-state index is 5.15. The SMILES string of the molecule is COc1nccnc1-c1cccc(Br)c1. The standard InChI is InChI=1S/C11H9BrN2O/c1-15-11-10(13-5-6-14-11)8-3-2-4-9(12)7-8/h2-7H,1H3. The summed E-state index contributed by atoms with van der Waals surface area (Å²) in [5, 5.41) is 0. The van der Waals surface area contributed by atoms with Crippen molar-refractivity contribution in [3.8, 4) is 17.1 Å². The second-order valence-corrected chi connectivity index (χ2v) is 3.84. The predicted molar refractivity (Wildman–Crippen MR) is 61.7 cm³/mol. The molecule has 4 heteroatoms. The lowest BCUT2D eigenvalue weighted by atomic mass is 10.1. The van der Waals surface area contributed by atoms with E-state index in [0.717, 1.165) is 15.7 Å². The third-order valence-electron chi connectivity index (χ3n) is 1.96. The summed E-state index contributed by atoms with van der Waals surface area (Å²) in [5.41, 5.74) is 1.73. The van der Waals surface area contributed by atoms with E-state index in [1.165, 1.54) is 0 Å². The lowest BCUT2D eigenvalue weighted by molar-refractivity contribution is 0.398. The smallest absolute Gasteiger partial charge is 0.240 e. The third-order valence-corrected chi connectivity index (χ3v) is 2.45. The number of ether oxygens (including phenoxy) is 1. The van der Waals surface area contributed by atoms with E-state index in [2.05, 4.69) is 25.9 Å². The molecule has 0 spiro atoms. The Bertz CT molecular complexity index is 474. The minimum Gasteiger partial charge on any atom is -0.479 e. The number of rotatable bonds is 2. The van der Waals surface area contributed by atoms with Gasteiger partial charge in [0.2, 0.25) is 5.88 Å². The average Bonchev–Trinajstić information content (AvgIpc) is 2.29. The van der Waals surface area contributed by atoms with Crippen LogP contribution in [0.4, 0.5) is 0 Å². The molecule has 15 heavy (non-hydrogen) atoms. The van der Waals surface area contributed by atoms with Crippen molar-refractivity contribution in [2.75, 3.05) is 7.11 Å². The molecule has 0 fully saturated rings. The first-order valence-corrected chi connectivity index (χ1v) is 5.21. The number of aromatic nitrogens is 2. The molecule has 0 unspecified atom stereocenters. The van der Waals surface area contributed by atoms with Crippen molar-refractivity contribution in [1.29, 1.82) is 0 Å². The van der Waals surface area contributed by atoms with Crippen molar-refractivity contribution in [3.05, 3.63) is 41.1 Å². The van der Waals surface area contributed by atoms with Crippen molar-refractivity contribution in [2.24, 2.45) is 0 Å². The van der Waals surface area contributed by atoms with Crippen LogP contribution in [-0.2, 0) is 0 Å². The fourth-order valence-corrected chi connectivity index (χ4v) is 1.71. The summed E-state index contributed by atoms with van der Waals surface area (Å²) in [4.78, 5) is 8.36. The Balaban J connectivity index is 2.53. The molecule has 0 radical (unpaired) electrons. The normalized spacial score (nSPS) is 10.0. The van der Waals surface area contributed by atoms with Gasteiger partial charge in [0.25, 0.3) is 0 Å². The monoisotopic (exact) mass is 264 g/mol. The van der Waals surface area contributed by atoms with Crippen molar-refractivity contribution < 1.29 is 4.74 Å². The molecule has 0 saturated heterocycles. The summed E-state index contributed by atoms with van der Waals surface area (Å²) < 4.78 is 6.16. The topological polar surface area (TPSA) is 35.0 Å². The van der Waals surface area contributed by atoms with Gasteiger partial charge < -0.3 is 4.74 Å². The lowest BCUT2D eigenvalue weighted by Crippen LogP contribution is -1.93. The van der Waals surface area contributed by atoms with Crippen molar-refractivity contribution in [2.45, 2.75) is 0 Å². The second kappa shape index (κ2) is 4.40. The summed E-state index contributed by atoms with van der Waals surface area (Å²) in [7, 11) is 1.59. The van der Waals surface area contributed by atoms with Crippen LogP contribution in [0.5, 0.6) is 5.88 Å². The van der Waals surface area contributed by atoms with Crippen LogP contribution in [0, 0.1) is 0 Å². The van der Waals surface area contributed by atoms with Crippen LogP contribution in [0.2, 0.25) is 0 Å². The Morgan fingerprint density at radius 3 is 2.73 bits per heavy atom. The van der Waals surface area contributed by atoms with Gasteiger partial charge in [-0.25, -0.2) is 9.97 Å². The molecule has 0 aliphatic carbocycles. The highest BCUT2D eigenvalue weighted by molar-refractivity contribution is 9.10. The summed E-state index contributed by atoms with van der Waals surface area (Å²) in [6.07, 6.45) is 3.26. The molecular weight excluding hydrogens is 256 g/mol. The zero-order valence-corrected chi connectivity index (χ0v) is 9.73. The maximum absolute atomic E-state index is 5.15. The minimum absolute atomic E-state index is 0.538. The first kappa shape index (κ1) is 10.1. The van der Waals surface area contributed by atoms with Crippen LogP contribution in [-0.4, -0.2) is 17.1 Å². The Hall–Kier alpha value is -1.42. The fraction of sp³-hybridized carbons (Fsp3) is 0.0909. The molecule has 76 valence electrons. The molecule has 0 saturated carbocycles. The number of methoxy groups -OCH3 is 1. The maximum Gasteiger partial charge on any atom is 0.240 e. The quantitative estimate of drug-likeness (QED) is 0.837. The molecule has 0 atom stereocenters. The Kier molecular flexibility index (Phi) is 2.97. The number of benzene rings is 1. The van der Waals surface area contributed by atoms with Crippen LogP contribution < -0.4 is 4.74 Å². The second-order valence-electron chi connectivity index (χ2n) is 2.92. The van der Waals surface area contributed by atoms with Gasteiger partial charge in [0.15, 0.2) is 0 Å². The first-order valence-electron chi connectivity index (χ1n) is 4.42. The lowest BCUT2D eigenvalue weighted by Gasteiger charge is -2.05. The van der Waals surface area contributed by atoms with Crippen LogP contribution >= 0.6 is 15.9 Å². The van der Waals surface area contributed by atoms with Crippen molar-refractivity contribution >= 4 is 15.9 Å². The van der Waals surface area contributed by atoms with E-state index < -0.39 is 0 Å². The molecule has 0 amide bonds. The molecular formula is C11H9BrN2O. The van der Waals surface area contributed by atoms with Gasteiger partial charge in [0.1, 0.15) is 5.69 Å². The molecule has 2 aromatic rings. The number of halogens is 1. The molecule has 0 N–H and O–H groups in total. The van der Waals surface area contributed by atoms with Crippen molar-refractivity contribution in [1.82, 2.24) is 9.97 Å². The van der Waals surface area contributed by atoms with Gasteiger partial charge in [-0.3, -0.25) is 0 Å². The van der Waals surface area contributed by atoms with E-state index in [1.54, 1.807) is 19.5 Å². The van der Waals surface area contributed by atoms with Gasteiger partial charge in [0, 0.05) is 22.4 Å². The molecule has 1 aromatic carbocycles. The van der Waals surface area contributed by atoms with Crippen LogP contribution in [0.3, 0.4) is 0 Å². The summed E-state index contributed by atoms with van der Waals surface area (Å²) in [5.74, 6) is 0.538. The van der Waals surface area contributed by atoms with Crippen LogP contribution in [0.15, 0.2) is 41.1 Å². The highest BCUT2D eigenvalue weighted by Gasteiger charge is 2.07. The van der Waals surface area contributed by atoms with Gasteiger partial charge in [0.05, 0.1) is 7.11 Å². The van der Waals surface area contributed by atoms with E-state index >= 15 is 0 Å². The zero-order chi connectivity index (χ0) is 10.7. The summed E-state index contributed by atoms with van der Waals surface area (Å²) >= 11 is 3.42. The number of nitrogens with zero attached hydrogens (tertiary/aromatic N) is 2. The first-order chi connectivity index (χ1) is 7.31. The number of hydrogen-bond acceptors (Lipinski definition) is 3. The Labute approximate surface area is 96.3 Å². The van der Waals surface area contributed by atoms with E-state index in [4.69, 9.17) is 4.74 Å². The molecule has 0 aliphatic rings. The fourth-order valence-electron chi connectivity index (χ4n) is 1.31. The van der Waals surface area contributed by atoms with Gasteiger partial charge in [-0.1, -0.05) is 28.1 Å². The Morgan fingerprint density at radius 1 is 1.20 bits per heavy atom. The molecule has 1 heterocycles. The van der Waals surface area contributed by atoms with Crippen molar-refractivity contribution in [3.63, 3.8) is 0 Å². The van der Waals surface area contributed by atoms with E-state index in [0.29, 0.717) is 5.88 Å². The molecule has 0 aliphatic heterocycles. The largest absolute Gasteiger partial charge is 0.479 e. The highest BCUT2D eigenvalue weighted by Crippen LogP contribution is 2.26. The van der Waals surface area contributed by atoms with Crippen LogP contribution in [0.25, 0.3) is 11.3 Å². The van der Waals surface area contributed by atoms with Gasteiger partial charge >= 0.3 is 0 Å². The van der Waals surface area contributed by atoms with E-state index in [1.807, 2.05) is 24.3 Å². The third kappa shape index (κ3) is 2.15. The molecule has 1 aromatic heterocycles. The summed E-state index contributed by atoms with van der Waals surface area (Å²) in [6.45, 7) is 0. The molecule has 3 nitrogen and oxygen atoms in total. The Morgan fingerprint density at radius 2 is 2.00 bits per heavy atom. The minimum atomic E-state index is 0.538.